The largest absolute Gasteiger partial charge is 0.354 e. The van der Waals surface area contributed by atoms with Crippen LogP contribution in [0, 0.1) is 5.82 Å². The molecule has 0 spiro atoms. The minimum Gasteiger partial charge on any atom is -0.354 e. The second kappa shape index (κ2) is 7.87. The molecule has 1 aromatic carbocycles. The van der Waals surface area contributed by atoms with E-state index in [1.54, 1.807) is 24.3 Å². The van der Waals surface area contributed by atoms with Gasteiger partial charge in [0.15, 0.2) is 0 Å². The zero-order valence-electron chi connectivity index (χ0n) is 12.1. The van der Waals surface area contributed by atoms with E-state index in [-0.39, 0.29) is 17.4 Å². The zero-order chi connectivity index (χ0) is 15.8. The Balaban J connectivity index is 1.92. The van der Waals surface area contributed by atoms with Crippen molar-refractivity contribution in [3.63, 3.8) is 0 Å². The summed E-state index contributed by atoms with van der Waals surface area (Å²) in [4.78, 5) is 19.9. The van der Waals surface area contributed by atoms with Crippen molar-refractivity contribution in [2.45, 2.75) is 6.42 Å². The Labute approximate surface area is 128 Å². The Kier molecular flexibility index (Phi) is 5.59. The minimum absolute atomic E-state index is 0.234. The third-order valence-corrected chi connectivity index (χ3v) is 2.93. The van der Waals surface area contributed by atoms with Crippen LogP contribution in [0.4, 0.5) is 10.3 Å². The van der Waals surface area contributed by atoms with Crippen molar-refractivity contribution < 1.29 is 9.18 Å². The molecule has 0 bridgehead atoms. The average Bonchev–Trinajstić information content (AvgIpc) is 2.54. The first kappa shape index (κ1) is 15.6. The second-order valence-corrected chi connectivity index (χ2v) is 4.53. The van der Waals surface area contributed by atoms with Gasteiger partial charge in [0.25, 0.3) is 5.91 Å². The van der Waals surface area contributed by atoms with Gasteiger partial charge in [0.2, 0.25) is 5.95 Å². The molecular formula is C16H17FN4O. The molecule has 6 heteroatoms. The SMILES string of the molecule is C=CCNC(=O)c1ccnc(NCCc2ccccc2F)n1. The van der Waals surface area contributed by atoms with Gasteiger partial charge >= 0.3 is 0 Å². The molecule has 0 aliphatic carbocycles. The fraction of sp³-hybridized carbons (Fsp3) is 0.188. The lowest BCUT2D eigenvalue weighted by atomic mass is 10.1. The maximum Gasteiger partial charge on any atom is 0.270 e. The average molecular weight is 300 g/mol. The molecular weight excluding hydrogens is 283 g/mol. The number of rotatable bonds is 7. The molecule has 0 aliphatic heterocycles. The van der Waals surface area contributed by atoms with E-state index in [2.05, 4.69) is 27.2 Å². The van der Waals surface area contributed by atoms with Crippen LogP contribution >= 0.6 is 0 Å². The molecule has 5 nitrogen and oxygen atoms in total. The van der Waals surface area contributed by atoms with E-state index < -0.39 is 0 Å². The molecule has 0 saturated carbocycles. The molecule has 0 radical (unpaired) electrons. The third kappa shape index (κ3) is 4.37. The van der Waals surface area contributed by atoms with E-state index in [4.69, 9.17) is 0 Å². The van der Waals surface area contributed by atoms with E-state index >= 15 is 0 Å². The van der Waals surface area contributed by atoms with Crippen molar-refractivity contribution in [3.8, 4) is 0 Å². The highest BCUT2D eigenvalue weighted by Crippen LogP contribution is 2.07. The highest BCUT2D eigenvalue weighted by molar-refractivity contribution is 5.92. The van der Waals surface area contributed by atoms with Crippen LogP contribution in [-0.2, 0) is 6.42 Å². The number of benzene rings is 1. The highest BCUT2D eigenvalue weighted by Gasteiger charge is 2.07. The van der Waals surface area contributed by atoms with Crippen LogP contribution in [0.5, 0.6) is 0 Å². The van der Waals surface area contributed by atoms with Crippen LogP contribution < -0.4 is 10.6 Å². The summed E-state index contributed by atoms with van der Waals surface area (Å²) in [6, 6.07) is 8.13. The molecule has 0 unspecified atom stereocenters. The van der Waals surface area contributed by atoms with E-state index in [9.17, 15) is 9.18 Å². The van der Waals surface area contributed by atoms with Crippen molar-refractivity contribution in [3.05, 3.63) is 66.3 Å². The van der Waals surface area contributed by atoms with Crippen LogP contribution in [0.25, 0.3) is 0 Å². The van der Waals surface area contributed by atoms with Gasteiger partial charge in [-0.1, -0.05) is 24.3 Å². The summed E-state index contributed by atoms with van der Waals surface area (Å²) >= 11 is 0. The quantitative estimate of drug-likeness (QED) is 0.769. The van der Waals surface area contributed by atoms with Crippen molar-refractivity contribution in [2.75, 3.05) is 18.4 Å². The van der Waals surface area contributed by atoms with Crippen LogP contribution in [-0.4, -0.2) is 29.0 Å². The highest BCUT2D eigenvalue weighted by atomic mass is 19.1. The maximum absolute atomic E-state index is 13.5. The summed E-state index contributed by atoms with van der Waals surface area (Å²) in [6.07, 6.45) is 3.59. The number of halogens is 1. The van der Waals surface area contributed by atoms with Gasteiger partial charge in [-0.2, -0.15) is 0 Å². The van der Waals surface area contributed by atoms with Crippen LogP contribution in [0.1, 0.15) is 16.1 Å². The van der Waals surface area contributed by atoms with Gasteiger partial charge in [0.05, 0.1) is 0 Å². The summed E-state index contributed by atoms with van der Waals surface area (Å²) in [5.74, 6) is -0.190. The third-order valence-electron chi connectivity index (χ3n) is 2.93. The molecule has 1 aromatic heterocycles. The number of nitrogens with one attached hydrogen (secondary N) is 2. The summed E-state index contributed by atoms with van der Waals surface area (Å²) in [7, 11) is 0. The molecule has 0 saturated heterocycles. The lowest BCUT2D eigenvalue weighted by Crippen LogP contribution is -2.24. The van der Waals surface area contributed by atoms with Crippen LogP contribution in [0.3, 0.4) is 0 Å². The molecule has 2 aromatic rings. The molecule has 114 valence electrons. The van der Waals surface area contributed by atoms with Gasteiger partial charge in [-0.05, 0) is 24.1 Å². The molecule has 2 rings (SSSR count). The number of hydrogen-bond donors (Lipinski definition) is 2. The van der Waals surface area contributed by atoms with Crippen molar-refractivity contribution >= 4 is 11.9 Å². The molecule has 0 aliphatic rings. The zero-order valence-corrected chi connectivity index (χ0v) is 12.1. The maximum atomic E-state index is 13.5. The lowest BCUT2D eigenvalue weighted by Gasteiger charge is -2.07. The smallest absolute Gasteiger partial charge is 0.270 e. The van der Waals surface area contributed by atoms with Crippen molar-refractivity contribution in [1.82, 2.24) is 15.3 Å². The molecule has 1 amide bonds. The number of amides is 1. The van der Waals surface area contributed by atoms with E-state index in [1.165, 1.54) is 18.3 Å². The monoisotopic (exact) mass is 300 g/mol. The van der Waals surface area contributed by atoms with E-state index in [0.717, 1.165) is 0 Å². The number of carbonyl (C=O) groups is 1. The number of anilines is 1. The van der Waals surface area contributed by atoms with Gasteiger partial charge in [0.1, 0.15) is 11.5 Å². The molecule has 22 heavy (non-hydrogen) atoms. The first-order valence-electron chi connectivity index (χ1n) is 6.90. The number of nitrogens with zero attached hydrogens (tertiary/aromatic N) is 2. The summed E-state index contributed by atoms with van der Waals surface area (Å²) in [5.41, 5.74) is 0.889. The Hall–Kier alpha value is -2.76. The van der Waals surface area contributed by atoms with Gasteiger partial charge < -0.3 is 10.6 Å². The Morgan fingerprint density at radius 1 is 1.32 bits per heavy atom. The van der Waals surface area contributed by atoms with Gasteiger partial charge in [0, 0.05) is 19.3 Å². The summed E-state index contributed by atoms with van der Waals surface area (Å²) in [5, 5.41) is 5.62. The topological polar surface area (TPSA) is 66.9 Å². The summed E-state index contributed by atoms with van der Waals surface area (Å²) in [6.45, 7) is 4.37. The lowest BCUT2D eigenvalue weighted by molar-refractivity contribution is 0.0953. The number of hydrogen-bond acceptors (Lipinski definition) is 4. The van der Waals surface area contributed by atoms with Gasteiger partial charge in [-0.25, -0.2) is 14.4 Å². The van der Waals surface area contributed by atoms with E-state index in [1.807, 2.05) is 0 Å². The molecule has 2 N–H and O–H groups in total. The first-order valence-corrected chi connectivity index (χ1v) is 6.90. The standard InChI is InChI=1S/C16H17FN4O/c1-2-9-18-15(22)14-8-11-20-16(21-14)19-10-7-12-5-3-4-6-13(12)17/h2-6,8,11H,1,7,9-10H2,(H,18,22)(H,19,20,21). The van der Waals surface area contributed by atoms with Gasteiger partial charge in [-0.15, -0.1) is 6.58 Å². The van der Waals surface area contributed by atoms with Crippen molar-refractivity contribution in [1.29, 1.82) is 0 Å². The normalized spacial score (nSPS) is 10.0. The first-order chi connectivity index (χ1) is 10.7. The van der Waals surface area contributed by atoms with Gasteiger partial charge in [-0.3, -0.25) is 4.79 Å². The van der Waals surface area contributed by atoms with Crippen LogP contribution in [0.2, 0.25) is 0 Å². The summed E-state index contributed by atoms with van der Waals surface area (Å²) < 4.78 is 13.5. The van der Waals surface area contributed by atoms with Crippen molar-refractivity contribution in [2.24, 2.45) is 0 Å². The van der Waals surface area contributed by atoms with E-state index in [0.29, 0.717) is 31.0 Å². The Morgan fingerprint density at radius 2 is 2.14 bits per heavy atom. The molecule has 0 fully saturated rings. The Morgan fingerprint density at radius 3 is 2.91 bits per heavy atom. The fourth-order valence-corrected chi connectivity index (χ4v) is 1.84. The van der Waals surface area contributed by atoms with Crippen LogP contribution in [0.15, 0.2) is 49.2 Å². The predicted octanol–water partition coefficient (Wildman–Crippen LogP) is 2.19. The molecule has 0 atom stereocenters. The minimum atomic E-state index is -0.292. The second-order valence-electron chi connectivity index (χ2n) is 4.53. The number of carbonyl (C=O) groups excluding carboxylic acids is 1. The fourth-order valence-electron chi connectivity index (χ4n) is 1.84. The molecule has 1 heterocycles. The Bertz CT molecular complexity index is 660. The predicted molar refractivity (Wildman–Crippen MR) is 83.2 cm³/mol. The number of aromatic nitrogens is 2.